The molecule has 1 atom stereocenters. The summed E-state index contributed by atoms with van der Waals surface area (Å²) in [4.78, 5) is 40.6. The van der Waals surface area contributed by atoms with Crippen LogP contribution in [0.25, 0.3) is 0 Å². The largest absolute Gasteiger partial charge is 0.383 e. The van der Waals surface area contributed by atoms with Gasteiger partial charge in [0.05, 0.1) is 6.61 Å². The van der Waals surface area contributed by atoms with E-state index in [1.165, 1.54) is 13.2 Å². The minimum atomic E-state index is -0.496. The second-order valence-electron chi connectivity index (χ2n) is 5.70. The van der Waals surface area contributed by atoms with Crippen molar-refractivity contribution in [3.05, 3.63) is 55.6 Å². The minimum Gasteiger partial charge on any atom is -0.383 e. The molecule has 2 heterocycles. The predicted octanol–water partition coefficient (Wildman–Crippen LogP) is 1.73. The van der Waals surface area contributed by atoms with Gasteiger partial charge in [-0.1, -0.05) is 6.07 Å². The van der Waals surface area contributed by atoms with Crippen molar-refractivity contribution >= 4 is 23.0 Å². The van der Waals surface area contributed by atoms with Crippen LogP contribution in [0.5, 0.6) is 0 Å². The fourth-order valence-corrected chi connectivity index (χ4v) is 3.72. The maximum absolute atomic E-state index is 12.5. The van der Waals surface area contributed by atoms with Crippen molar-refractivity contribution in [1.29, 1.82) is 0 Å². The quantitative estimate of drug-likeness (QED) is 0.807. The van der Waals surface area contributed by atoms with Gasteiger partial charge in [0.2, 0.25) is 0 Å². The Balaban J connectivity index is 1.86. The molecular formula is C17H18N2O4S. The Morgan fingerprint density at radius 3 is 2.96 bits per heavy atom. The summed E-state index contributed by atoms with van der Waals surface area (Å²) in [6.45, 7) is 0.663. The summed E-state index contributed by atoms with van der Waals surface area (Å²) >= 11 is 1.61. The van der Waals surface area contributed by atoms with Crippen LogP contribution < -0.4 is 10.9 Å². The Hall–Kier alpha value is -2.25. The van der Waals surface area contributed by atoms with Crippen LogP contribution in [0.1, 0.15) is 43.6 Å². The molecule has 1 amide bonds. The summed E-state index contributed by atoms with van der Waals surface area (Å²) in [5, 5.41) is 4.58. The lowest BCUT2D eigenvalue weighted by molar-refractivity contribution is 0.0935. The van der Waals surface area contributed by atoms with E-state index >= 15 is 0 Å². The SMILES string of the molecule is COCCNC(=O)c1cc2c([nH]c1=O)C[C@@H](c1cccs1)CC2=O. The molecule has 2 aromatic heterocycles. The van der Waals surface area contributed by atoms with Crippen molar-refractivity contribution in [3.63, 3.8) is 0 Å². The Morgan fingerprint density at radius 1 is 1.42 bits per heavy atom. The summed E-state index contributed by atoms with van der Waals surface area (Å²) in [6.07, 6.45) is 0.993. The van der Waals surface area contributed by atoms with E-state index in [4.69, 9.17) is 4.74 Å². The Bertz CT molecular complexity index is 810. The monoisotopic (exact) mass is 346 g/mol. The van der Waals surface area contributed by atoms with Crippen molar-refractivity contribution in [3.8, 4) is 0 Å². The number of Topliss-reactive ketones (excluding diaryl/α,β-unsaturated/α-hetero) is 1. The number of ether oxygens (including phenoxy) is 1. The Morgan fingerprint density at radius 2 is 2.25 bits per heavy atom. The lowest BCUT2D eigenvalue weighted by atomic mass is 9.84. The van der Waals surface area contributed by atoms with Crippen LogP contribution in [0.15, 0.2) is 28.4 Å². The molecule has 0 saturated carbocycles. The van der Waals surface area contributed by atoms with Gasteiger partial charge in [-0.3, -0.25) is 14.4 Å². The first-order valence-electron chi connectivity index (χ1n) is 7.70. The zero-order chi connectivity index (χ0) is 17.1. The van der Waals surface area contributed by atoms with Gasteiger partial charge in [0.1, 0.15) is 5.56 Å². The molecule has 1 aliphatic rings. The Kier molecular flexibility index (Phi) is 4.92. The van der Waals surface area contributed by atoms with Crippen LogP contribution in [0.2, 0.25) is 0 Å². The molecule has 0 saturated heterocycles. The number of ketones is 1. The first-order valence-corrected chi connectivity index (χ1v) is 8.58. The van der Waals surface area contributed by atoms with Crippen molar-refractivity contribution in [2.45, 2.75) is 18.8 Å². The van der Waals surface area contributed by atoms with Gasteiger partial charge in [-0.05, 0) is 23.9 Å². The maximum atomic E-state index is 12.5. The van der Waals surface area contributed by atoms with Crippen LogP contribution in [-0.4, -0.2) is 36.9 Å². The number of nitrogens with one attached hydrogen (secondary N) is 2. The van der Waals surface area contributed by atoms with E-state index in [2.05, 4.69) is 10.3 Å². The van der Waals surface area contributed by atoms with Crippen molar-refractivity contribution < 1.29 is 14.3 Å². The number of hydrogen-bond donors (Lipinski definition) is 2. The van der Waals surface area contributed by atoms with Crippen LogP contribution in [0, 0.1) is 0 Å². The third kappa shape index (κ3) is 3.32. The van der Waals surface area contributed by atoms with E-state index < -0.39 is 11.5 Å². The molecule has 0 bridgehead atoms. The zero-order valence-electron chi connectivity index (χ0n) is 13.3. The van der Waals surface area contributed by atoms with E-state index in [0.717, 1.165) is 4.88 Å². The second kappa shape index (κ2) is 7.11. The van der Waals surface area contributed by atoms with Gasteiger partial charge < -0.3 is 15.0 Å². The molecule has 126 valence electrons. The summed E-state index contributed by atoms with van der Waals surface area (Å²) < 4.78 is 4.86. The highest BCUT2D eigenvalue weighted by molar-refractivity contribution is 7.10. The van der Waals surface area contributed by atoms with Crippen molar-refractivity contribution in [2.24, 2.45) is 0 Å². The number of carbonyl (C=O) groups excluding carboxylic acids is 2. The number of methoxy groups -OCH3 is 1. The third-order valence-electron chi connectivity index (χ3n) is 4.09. The first-order chi connectivity index (χ1) is 11.6. The summed E-state index contributed by atoms with van der Waals surface area (Å²) in [5.41, 5.74) is 0.554. The van der Waals surface area contributed by atoms with Gasteiger partial charge in [0, 0.05) is 42.1 Å². The highest BCUT2D eigenvalue weighted by Gasteiger charge is 2.29. The number of hydrogen-bond acceptors (Lipinski definition) is 5. The van der Waals surface area contributed by atoms with E-state index in [0.29, 0.717) is 37.3 Å². The fraction of sp³-hybridized carbons (Fsp3) is 0.353. The first kappa shape index (κ1) is 16.6. The van der Waals surface area contributed by atoms with Gasteiger partial charge >= 0.3 is 0 Å². The number of rotatable bonds is 5. The molecule has 2 N–H and O–H groups in total. The molecule has 0 fully saturated rings. The summed E-state index contributed by atoms with van der Waals surface area (Å²) in [5.74, 6) is -0.455. The van der Waals surface area contributed by atoms with Crippen LogP contribution in [0.4, 0.5) is 0 Å². The number of H-pyrrole nitrogens is 1. The number of fused-ring (bicyclic) bond motifs is 1. The number of carbonyl (C=O) groups is 2. The molecular weight excluding hydrogens is 328 g/mol. The molecule has 0 radical (unpaired) electrons. The molecule has 6 nitrogen and oxygen atoms in total. The van der Waals surface area contributed by atoms with Gasteiger partial charge in [0.25, 0.3) is 11.5 Å². The lowest BCUT2D eigenvalue weighted by Crippen LogP contribution is -2.34. The zero-order valence-corrected chi connectivity index (χ0v) is 14.1. The molecule has 0 unspecified atom stereocenters. The normalized spacial score (nSPS) is 16.7. The molecule has 3 rings (SSSR count). The van der Waals surface area contributed by atoms with Gasteiger partial charge in [-0.25, -0.2) is 0 Å². The molecule has 24 heavy (non-hydrogen) atoms. The van der Waals surface area contributed by atoms with Crippen molar-refractivity contribution in [2.75, 3.05) is 20.3 Å². The molecule has 0 spiro atoms. The number of aromatic amines is 1. The minimum absolute atomic E-state index is 0.0345. The van der Waals surface area contributed by atoms with Crippen LogP contribution in [-0.2, 0) is 11.2 Å². The molecule has 0 aliphatic heterocycles. The van der Waals surface area contributed by atoms with Crippen LogP contribution >= 0.6 is 11.3 Å². The molecule has 0 aromatic carbocycles. The van der Waals surface area contributed by atoms with Gasteiger partial charge in [-0.15, -0.1) is 11.3 Å². The fourth-order valence-electron chi connectivity index (χ4n) is 2.89. The van der Waals surface area contributed by atoms with Crippen LogP contribution in [0.3, 0.4) is 0 Å². The predicted molar refractivity (Wildman–Crippen MR) is 91.0 cm³/mol. The molecule has 1 aliphatic carbocycles. The topological polar surface area (TPSA) is 88.3 Å². The summed E-state index contributed by atoms with van der Waals surface area (Å²) in [6, 6.07) is 5.38. The standard InChI is InChI=1S/C17H18N2O4S/c1-23-5-4-18-16(21)12-9-11-13(19-17(12)22)7-10(8-14(11)20)15-3-2-6-24-15/h2-3,6,9-10H,4-5,7-8H2,1H3,(H,18,21)(H,19,22)/t10-/m1/s1. The third-order valence-corrected chi connectivity index (χ3v) is 5.12. The average molecular weight is 346 g/mol. The lowest BCUT2D eigenvalue weighted by Gasteiger charge is -2.22. The number of amides is 1. The van der Waals surface area contributed by atoms with E-state index in [-0.39, 0.29) is 17.3 Å². The summed E-state index contributed by atoms with van der Waals surface area (Å²) in [7, 11) is 1.53. The highest BCUT2D eigenvalue weighted by Crippen LogP contribution is 2.33. The van der Waals surface area contributed by atoms with E-state index in [1.807, 2.05) is 17.5 Å². The van der Waals surface area contributed by atoms with Gasteiger partial charge in [0.15, 0.2) is 5.78 Å². The maximum Gasteiger partial charge on any atom is 0.261 e. The Labute approximate surface area is 142 Å². The molecule has 2 aromatic rings. The number of aromatic nitrogens is 1. The number of thiophene rings is 1. The van der Waals surface area contributed by atoms with Gasteiger partial charge in [-0.2, -0.15) is 0 Å². The molecule has 7 heteroatoms. The van der Waals surface area contributed by atoms with E-state index in [1.54, 1.807) is 11.3 Å². The smallest absolute Gasteiger partial charge is 0.261 e. The van der Waals surface area contributed by atoms with E-state index in [9.17, 15) is 14.4 Å². The number of pyridine rings is 1. The van der Waals surface area contributed by atoms with Crippen molar-refractivity contribution in [1.82, 2.24) is 10.3 Å². The second-order valence-corrected chi connectivity index (χ2v) is 6.68. The average Bonchev–Trinajstić information content (AvgIpc) is 3.08. The highest BCUT2D eigenvalue weighted by atomic mass is 32.1.